The van der Waals surface area contributed by atoms with Crippen LogP contribution in [0.1, 0.15) is 24.0 Å². The molecule has 1 fully saturated rings. The maximum atomic E-state index is 12.8. The molecule has 8 nitrogen and oxygen atoms in total. The molecule has 1 atom stereocenters. The van der Waals surface area contributed by atoms with Crippen LogP contribution < -0.4 is 10.2 Å². The van der Waals surface area contributed by atoms with Gasteiger partial charge in [0, 0.05) is 18.8 Å². The van der Waals surface area contributed by atoms with Crippen molar-refractivity contribution in [1.29, 1.82) is 0 Å². The van der Waals surface area contributed by atoms with Crippen LogP contribution in [0, 0.1) is 19.8 Å². The molecule has 0 spiro atoms. The number of nitrogens with one attached hydrogen (secondary N) is 1. The maximum absolute atomic E-state index is 12.8. The van der Waals surface area contributed by atoms with Crippen LogP contribution >= 0.6 is 0 Å². The summed E-state index contributed by atoms with van der Waals surface area (Å²) in [6.45, 7) is 5.58. The number of amides is 1. The Morgan fingerprint density at radius 1 is 1.14 bits per heavy atom. The molecule has 4 rings (SSSR count). The molecule has 144 valence electrons. The summed E-state index contributed by atoms with van der Waals surface area (Å²) in [5.41, 5.74) is 3.17. The van der Waals surface area contributed by atoms with Crippen LogP contribution in [0.25, 0.3) is 5.82 Å². The topological polar surface area (TPSA) is 88.8 Å². The van der Waals surface area contributed by atoms with Crippen molar-refractivity contribution in [2.45, 2.75) is 26.7 Å². The number of rotatable bonds is 4. The first-order valence-corrected chi connectivity index (χ1v) is 9.42. The molecule has 2 aromatic heterocycles. The SMILES string of the molecule is Cc1cccc(NC(=O)C2CCCN(c3ccc(-n4cncn4)nn3)C2)c1C. The summed E-state index contributed by atoms with van der Waals surface area (Å²) in [7, 11) is 0. The van der Waals surface area contributed by atoms with Crippen molar-refractivity contribution in [1.82, 2.24) is 25.0 Å². The Bertz CT molecular complexity index is 953. The molecule has 8 heteroatoms. The molecular weight excluding hydrogens is 354 g/mol. The van der Waals surface area contributed by atoms with E-state index in [0.717, 1.165) is 36.5 Å². The third-order valence-electron chi connectivity index (χ3n) is 5.27. The van der Waals surface area contributed by atoms with Gasteiger partial charge in [0.2, 0.25) is 5.91 Å². The predicted octanol–water partition coefficient (Wildman–Crippen LogP) is 2.53. The van der Waals surface area contributed by atoms with Gasteiger partial charge in [0.1, 0.15) is 12.7 Å². The number of hydrogen-bond donors (Lipinski definition) is 1. The van der Waals surface area contributed by atoms with Crippen LogP contribution in [-0.4, -0.2) is 44.0 Å². The van der Waals surface area contributed by atoms with Gasteiger partial charge in [0.05, 0.1) is 5.92 Å². The summed E-state index contributed by atoms with van der Waals surface area (Å²) in [6.07, 6.45) is 4.85. The van der Waals surface area contributed by atoms with E-state index < -0.39 is 0 Å². The van der Waals surface area contributed by atoms with E-state index in [1.54, 1.807) is 11.0 Å². The monoisotopic (exact) mass is 377 g/mol. The van der Waals surface area contributed by atoms with E-state index >= 15 is 0 Å². The van der Waals surface area contributed by atoms with Crippen LogP contribution in [0.5, 0.6) is 0 Å². The summed E-state index contributed by atoms with van der Waals surface area (Å²) >= 11 is 0. The van der Waals surface area contributed by atoms with Crippen molar-refractivity contribution in [3.8, 4) is 5.82 Å². The number of nitrogens with zero attached hydrogens (tertiary/aromatic N) is 6. The van der Waals surface area contributed by atoms with Crippen LogP contribution in [0.3, 0.4) is 0 Å². The number of anilines is 2. The molecule has 1 unspecified atom stereocenters. The molecule has 28 heavy (non-hydrogen) atoms. The molecule has 0 saturated carbocycles. The molecule has 0 bridgehead atoms. The van der Waals surface area contributed by atoms with Crippen molar-refractivity contribution >= 4 is 17.4 Å². The van der Waals surface area contributed by atoms with Crippen molar-refractivity contribution in [3.05, 3.63) is 54.1 Å². The molecule has 3 heterocycles. The molecule has 1 amide bonds. The number of piperidine rings is 1. The van der Waals surface area contributed by atoms with Crippen LogP contribution in [0.4, 0.5) is 11.5 Å². The molecular formula is C20H23N7O. The number of carbonyl (C=O) groups excluding carboxylic acids is 1. The number of aryl methyl sites for hydroxylation is 1. The van der Waals surface area contributed by atoms with E-state index in [1.807, 2.05) is 31.2 Å². The molecule has 1 aromatic carbocycles. The zero-order chi connectivity index (χ0) is 19.5. The standard InChI is InChI=1S/C20H23N7O/c1-14-5-3-7-17(15(14)2)23-20(28)16-6-4-10-26(11-16)18-8-9-19(25-24-18)27-13-21-12-22-27/h3,5,7-9,12-13,16H,4,6,10-11H2,1-2H3,(H,23,28). The van der Waals surface area contributed by atoms with Gasteiger partial charge in [0.25, 0.3) is 0 Å². The predicted molar refractivity (Wildman–Crippen MR) is 106 cm³/mol. The lowest BCUT2D eigenvalue weighted by Crippen LogP contribution is -2.41. The fourth-order valence-electron chi connectivity index (χ4n) is 3.46. The van der Waals surface area contributed by atoms with Crippen molar-refractivity contribution in [3.63, 3.8) is 0 Å². The Morgan fingerprint density at radius 2 is 1.96 bits per heavy atom. The van der Waals surface area contributed by atoms with E-state index in [-0.39, 0.29) is 11.8 Å². The van der Waals surface area contributed by atoms with Gasteiger partial charge in [-0.05, 0) is 56.0 Å². The minimum Gasteiger partial charge on any atom is -0.354 e. The minimum atomic E-state index is -0.0783. The van der Waals surface area contributed by atoms with Crippen LogP contribution in [0.15, 0.2) is 43.0 Å². The van der Waals surface area contributed by atoms with Gasteiger partial charge in [0.15, 0.2) is 11.6 Å². The number of hydrogen-bond acceptors (Lipinski definition) is 6. The van der Waals surface area contributed by atoms with Gasteiger partial charge in [-0.3, -0.25) is 4.79 Å². The summed E-state index contributed by atoms with van der Waals surface area (Å²) in [4.78, 5) is 18.9. The van der Waals surface area contributed by atoms with Gasteiger partial charge in [-0.25, -0.2) is 9.67 Å². The second-order valence-electron chi connectivity index (χ2n) is 7.11. The van der Waals surface area contributed by atoms with Crippen molar-refractivity contribution < 1.29 is 4.79 Å². The lowest BCUT2D eigenvalue weighted by Gasteiger charge is -2.32. The summed E-state index contributed by atoms with van der Waals surface area (Å²) in [6, 6.07) is 9.74. The summed E-state index contributed by atoms with van der Waals surface area (Å²) in [5.74, 6) is 1.37. The third kappa shape index (κ3) is 3.71. The summed E-state index contributed by atoms with van der Waals surface area (Å²) < 4.78 is 1.56. The van der Waals surface area contributed by atoms with Gasteiger partial charge >= 0.3 is 0 Å². The van der Waals surface area contributed by atoms with E-state index in [4.69, 9.17) is 0 Å². The van der Waals surface area contributed by atoms with Gasteiger partial charge < -0.3 is 10.2 Å². The fraction of sp³-hybridized carbons (Fsp3) is 0.350. The first-order chi connectivity index (χ1) is 13.6. The first kappa shape index (κ1) is 18.1. The lowest BCUT2D eigenvalue weighted by atomic mass is 9.96. The Kier molecular flexibility index (Phi) is 5.01. The number of benzene rings is 1. The fourth-order valence-corrected chi connectivity index (χ4v) is 3.46. The molecule has 0 aliphatic carbocycles. The highest BCUT2D eigenvalue weighted by Crippen LogP contribution is 2.24. The second kappa shape index (κ2) is 7.75. The second-order valence-corrected chi connectivity index (χ2v) is 7.11. The van der Waals surface area contributed by atoms with Gasteiger partial charge in [-0.1, -0.05) is 12.1 Å². The molecule has 0 radical (unpaired) electrons. The zero-order valence-electron chi connectivity index (χ0n) is 16.0. The van der Waals surface area contributed by atoms with Crippen molar-refractivity contribution in [2.75, 3.05) is 23.3 Å². The summed E-state index contributed by atoms with van der Waals surface area (Å²) in [5, 5.41) is 15.7. The van der Waals surface area contributed by atoms with Crippen LogP contribution in [0.2, 0.25) is 0 Å². The number of aromatic nitrogens is 5. The first-order valence-electron chi connectivity index (χ1n) is 9.42. The highest BCUT2D eigenvalue weighted by Gasteiger charge is 2.27. The maximum Gasteiger partial charge on any atom is 0.229 e. The van der Waals surface area contributed by atoms with E-state index in [9.17, 15) is 4.79 Å². The molecule has 1 aliphatic heterocycles. The average Bonchev–Trinajstić information content (AvgIpc) is 3.26. The normalized spacial score (nSPS) is 16.8. The highest BCUT2D eigenvalue weighted by molar-refractivity contribution is 5.93. The highest BCUT2D eigenvalue weighted by atomic mass is 16.1. The lowest BCUT2D eigenvalue weighted by molar-refractivity contribution is -0.120. The average molecular weight is 377 g/mol. The van der Waals surface area contributed by atoms with Crippen LogP contribution in [-0.2, 0) is 4.79 Å². The van der Waals surface area contributed by atoms with E-state index in [2.05, 4.69) is 43.5 Å². The Morgan fingerprint density at radius 3 is 2.71 bits per heavy atom. The number of carbonyl (C=O) groups is 1. The zero-order valence-corrected chi connectivity index (χ0v) is 16.0. The minimum absolute atomic E-state index is 0.0607. The smallest absolute Gasteiger partial charge is 0.229 e. The quantitative estimate of drug-likeness (QED) is 0.752. The Balaban J connectivity index is 1.44. The van der Waals surface area contributed by atoms with Gasteiger partial charge in [-0.2, -0.15) is 5.10 Å². The molecule has 3 aromatic rings. The Labute approximate surface area is 163 Å². The molecule has 1 saturated heterocycles. The van der Waals surface area contributed by atoms with E-state index in [1.165, 1.54) is 11.9 Å². The molecule has 1 aliphatic rings. The molecule has 1 N–H and O–H groups in total. The van der Waals surface area contributed by atoms with E-state index in [0.29, 0.717) is 12.4 Å². The Hall–Kier alpha value is -3.29. The van der Waals surface area contributed by atoms with Gasteiger partial charge in [-0.15, -0.1) is 10.2 Å². The van der Waals surface area contributed by atoms with Crippen molar-refractivity contribution in [2.24, 2.45) is 5.92 Å². The largest absolute Gasteiger partial charge is 0.354 e. The third-order valence-corrected chi connectivity index (χ3v) is 5.27.